The molecule has 150 valence electrons. The van der Waals surface area contributed by atoms with Crippen molar-refractivity contribution in [2.75, 3.05) is 10.0 Å². The van der Waals surface area contributed by atoms with Crippen LogP contribution in [-0.4, -0.2) is 20.6 Å². The second kappa shape index (κ2) is 7.67. The fourth-order valence-electron chi connectivity index (χ4n) is 2.73. The molecule has 6 nitrogen and oxygen atoms in total. The van der Waals surface area contributed by atoms with Crippen molar-refractivity contribution in [3.05, 3.63) is 66.2 Å². The number of aldehydes is 1. The Morgan fingerprint density at radius 1 is 0.931 bits per heavy atom. The first kappa shape index (κ1) is 20.5. The molecule has 0 aliphatic heterocycles. The van der Waals surface area contributed by atoms with Crippen LogP contribution in [0, 0.1) is 5.41 Å². The van der Waals surface area contributed by atoms with Crippen LogP contribution in [0.1, 0.15) is 31.1 Å². The molecular weight excluding hydrogens is 388 g/mol. The Bertz CT molecular complexity index is 1180. The number of hydrogen-bond acceptors (Lipinski definition) is 4. The van der Waals surface area contributed by atoms with Gasteiger partial charge in [0.25, 0.3) is 10.0 Å². The molecule has 0 aliphatic carbocycles. The van der Waals surface area contributed by atoms with Crippen LogP contribution in [0.3, 0.4) is 0 Å². The Kier molecular flexibility index (Phi) is 5.44. The fourth-order valence-corrected chi connectivity index (χ4v) is 4.02. The number of sulfonamides is 1. The third kappa shape index (κ3) is 4.63. The topological polar surface area (TPSA) is 92.3 Å². The van der Waals surface area contributed by atoms with Gasteiger partial charge < -0.3 is 5.32 Å². The maximum atomic E-state index is 12.9. The van der Waals surface area contributed by atoms with Gasteiger partial charge in [-0.25, -0.2) is 8.42 Å². The highest BCUT2D eigenvalue weighted by atomic mass is 32.2. The van der Waals surface area contributed by atoms with E-state index in [-0.39, 0.29) is 10.8 Å². The van der Waals surface area contributed by atoms with Crippen molar-refractivity contribution in [3.63, 3.8) is 0 Å². The van der Waals surface area contributed by atoms with Gasteiger partial charge in [0, 0.05) is 27.7 Å². The van der Waals surface area contributed by atoms with Crippen LogP contribution < -0.4 is 10.0 Å². The van der Waals surface area contributed by atoms with Crippen molar-refractivity contribution >= 4 is 44.4 Å². The monoisotopic (exact) mass is 410 g/mol. The van der Waals surface area contributed by atoms with E-state index in [0.717, 1.165) is 6.29 Å². The first-order valence-electron chi connectivity index (χ1n) is 9.02. The average molecular weight is 410 g/mol. The highest BCUT2D eigenvalue weighted by Crippen LogP contribution is 2.26. The predicted molar refractivity (Wildman–Crippen MR) is 115 cm³/mol. The number of fused-ring (bicyclic) bond motifs is 1. The molecule has 29 heavy (non-hydrogen) atoms. The van der Waals surface area contributed by atoms with Crippen molar-refractivity contribution in [2.45, 2.75) is 25.7 Å². The zero-order chi connectivity index (χ0) is 21.2. The molecule has 3 aromatic rings. The average Bonchev–Trinajstić information content (AvgIpc) is 2.67. The molecule has 0 atom stereocenters. The van der Waals surface area contributed by atoms with Gasteiger partial charge in [0.15, 0.2) is 0 Å². The summed E-state index contributed by atoms with van der Waals surface area (Å²) in [6, 6.07) is 16.2. The minimum absolute atomic E-state index is 0.123. The van der Waals surface area contributed by atoms with E-state index in [1.165, 1.54) is 6.07 Å². The summed E-state index contributed by atoms with van der Waals surface area (Å²) < 4.78 is 28.4. The SMILES string of the molecule is CC(C)(C)C(=O)Nc1ccc(NS(=O)(=O)c2cccc3cc(C=O)ccc23)cc1. The van der Waals surface area contributed by atoms with Gasteiger partial charge in [-0.15, -0.1) is 0 Å². The molecule has 0 aromatic heterocycles. The van der Waals surface area contributed by atoms with Gasteiger partial charge in [0.2, 0.25) is 5.91 Å². The molecule has 0 spiro atoms. The van der Waals surface area contributed by atoms with E-state index in [2.05, 4.69) is 10.0 Å². The van der Waals surface area contributed by atoms with Gasteiger partial charge in [-0.05, 0) is 41.8 Å². The zero-order valence-corrected chi connectivity index (χ0v) is 17.2. The Labute approximate surface area is 170 Å². The van der Waals surface area contributed by atoms with Crippen LogP contribution in [0.15, 0.2) is 65.6 Å². The Morgan fingerprint density at radius 2 is 1.59 bits per heavy atom. The third-order valence-electron chi connectivity index (χ3n) is 4.37. The van der Waals surface area contributed by atoms with Gasteiger partial charge in [0.05, 0.1) is 4.90 Å². The van der Waals surface area contributed by atoms with Crippen molar-refractivity contribution < 1.29 is 18.0 Å². The molecule has 0 bridgehead atoms. The Hall–Kier alpha value is -3.19. The summed E-state index contributed by atoms with van der Waals surface area (Å²) in [5, 5.41) is 3.99. The summed E-state index contributed by atoms with van der Waals surface area (Å²) in [6.45, 7) is 5.44. The second-order valence-electron chi connectivity index (χ2n) is 7.74. The van der Waals surface area contributed by atoms with Gasteiger partial charge in [-0.1, -0.05) is 45.0 Å². The minimum Gasteiger partial charge on any atom is -0.326 e. The quantitative estimate of drug-likeness (QED) is 0.608. The highest BCUT2D eigenvalue weighted by molar-refractivity contribution is 7.93. The lowest BCUT2D eigenvalue weighted by atomic mass is 9.95. The summed E-state index contributed by atoms with van der Waals surface area (Å²) >= 11 is 0. The molecule has 3 aromatic carbocycles. The summed E-state index contributed by atoms with van der Waals surface area (Å²) in [6.07, 6.45) is 0.721. The second-order valence-corrected chi connectivity index (χ2v) is 9.39. The van der Waals surface area contributed by atoms with Crippen LogP contribution in [0.25, 0.3) is 10.8 Å². The van der Waals surface area contributed by atoms with Gasteiger partial charge in [-0.3, -0.25) is 14.3 Å². The standard InChI is InChI=1S/C22H22N2O4S/c1-22(2,3)21(26)23-17-8-10-18(11-9-17)24-29(27,28)20-6-4-5-16-13-15(14-25)7-12-19(16)20/h4-14,24H,1-3H3,(H,23,26). The minimum atomic E-state index is -3.84. The number of carbonyl (C=O) groups excluding carboxylic acids is 2. The summed E-state index contributed by atoms with van der Waals surface area (Å²) in [5.74, 6) is -0.128. The maximum absolute atomic E-state index is 12.9. The van der Waals surface area contributed by atoms with Crippen molar-refractivity contribution in [1.29, 1.82) is 0 Å². The smallest absolute Gasteiger partial charge is 0.262 e. The van der Waals surface area contributed by atoms with E-state index >= 15 is 0 Å². The van der Waals surface area contributed by atoms with Gasteiger partial charge in [0.1, 0.15) is 6.29 Å². The lowest BCUT2D eigenvalue weighted by molar-refractivity contribution is -0.123. The van der Waals surface area contributed by atoms with E-state index in [1.54, 1.807) is 54.6 Å². The number of anilines is 2. The zero-order valence-electron chi connectivity index (χ0n) is 16.4. The van der Waals surface area contributed by atoms with Crippen LogP contribution in [0.5, 0.6) is 0 Å². The van der Waals surface area contributed by atoms with Crippen molar-refractivity contribution in [3.8, 4) is 0 Å². The molecule has 0 aliphatic rings. The van der Waals surface area contributed by atoms with Crippen molar-refractivity contribution in [1.82, 2.24) is 0 Å². The van der Waals surface area contributed by atoms with E-state index in [0.29, 0.717) is 27.7 Å². The maximum Gasteiger partial charge on any atom is 0.262 e. The molecule has 3 rings (SSSR count). The van der Waals surface area contributed by atoms with Crippen LogP contribution in [0.4, 0.5) is 11.4 Å². The number of rotatable bonds is 5. The normalized spacial score (nSPS) is 11.8. The molecule has 0 fully saturated rings. The van der Waals surface area contributed by atoms with Gasteiger partial charge in [-0.2, -0.15) is 0 Å². The predicted octanol–water partition coefficient (Wildman–Crippen LogP) is 4.44. The lowest BCUT2D eigenvalue weighted by Crippen LogP contribution is -2.27. The number of nitrogens with one attached hydrogen (secondary N) is 2. The van der Waals surface area contributed by atoms with Crippen molar-refractivity contribution in [2.24, 2.45) is 5.41 Å². The van der Waals surface area contributed by atoms with E-state index in [1.807, 2.05) is 20.8 Å². The first-order chi connectivity index (χ1) is 13.6. The summed E-state index contributed by atoms with van der Waals surface area (Å²) in [7, 11) is -3.84. The Balaban J connectivity index is 1.86. The third-order valence-corrected chi connectivity index (χ3v) is 5.81. The number of benzene rings is 3. The fraction of sp³-hybridized carbons (Fsp3) is 0.182. The molecule has 0 unspecified atom stereocenters. The Morgan fingerprint density at radius 3 is 2.21 bits per heavy atom. The van der Waals surface area contributed by atoms with Crippen LogP contribution >= 0.6 is 0 Å². The van der Waals surface area contributed by atoms with Gasteiger partial charge >= 0.3 is 0 Å². The van der Waals surface area contributed by atoms with Crippen LogP contribution in [-0.2, 0) is 14.8 Å². The molecule has 0 saturated carbocycles. The molecule has 0 saturated heterocycles. The molecule has 7 heteroatoms. The number of carbonyl (C=O) groups is 2. The molecule has 0 radical (unpaired) electrons. The lowest BCUT2D eigenvalue weighted by Gasteiger charge is -2.18. The summed E-state index contributed by atoms with van der Waals surface area (Å²) in [5.41, 5.74) is 0.908. The number of amides is 1. The highest BCUT2D eigenvalue weighted by Gasteiger charge is 2.21. The first-order valence-corrected chi connectivity index (χ1v) is 10.5. The summed E-state index contributed by atoms with van der Waals surface area (Å²) in [4.78, 5) is 23.1. The molecule has 1 amide bonds. The van der Waals surface area contributed by atoms with E-state index in [9.17, 15) is 18.0 Å². The van der Waals surface area contributed by atoms with Crippen LogP contribution in [0.2, 0.25) is 0 Å². The van der Waals surface area contributed by atoms with E-state index < -0.39 is 15.4 Å². The largest absolute Gasteiger partial charge is 0.326 e. The molecular formula is C22H22N2O4S. The molecule has 0 heterocycles. The van der Waals surface area contributed by atoms with E-state index in [4.69, 9.17) is 0 Å². The molecule has 2 N–H and O–H groups in total. The number of hydrogen-bond donors (Lipinski definition) is 2.